The van der Waals surface area contributed by atoms with Gasteiger partial charge < -0.3 is 5.32 Å². The lowest BCUT2D eigenvalue weighted by Crippen LogP contribution is -2.18. The molecule has 0 saturated carbocycles. The Balaban J connectivity index is 1.73. The Bertz CT molecular complexity index is 1060. The van der Waals surface area contributed by atoms with Crippen molar-refractivity contribution in [2.75, 3.05) is 5.32 Å². The van der Waals surface area contributed by atoms with Crippen molar-refractivity contribution < 1.29 is 0 Å². The number of fused-ring (bicyclic) bond motifs is 3. The van der Waals surface area contributed by atoms with Crippen molar-refractivity contribution in [3.8, 4) is 0 Å². The fourth-order valence-electron chi connectivity index (χ4n) is 3.08. The van der Waals surface area contributed by atoms with Crippen LogP contribution < -0.4 is 5.32 Å². The molecular formula is C18H12BrN3S2. The maximum absolute atomic E-state index is 4.80. The lowest BCUT2D eigenvalue weighted by molar-refractivity contribution is 0.733. The molecule has 4 aromatic rings. The van der Waals surface area contributed by atoms with Crippen molar-refractivity contribution in [3.05, 3.63) is 73.5 Å². The number of benzene rings is 1. The van der Waals surface area contributed by atoms with Crippen LogP contribution in [0.2, 0.25) is 0 Å². The highest BCUT2D eigenvalue weighted by molar-refractivity contribution is 9.11. The van der Waals surface area contributed by atoms with Crippen molar-refractivity contribution in [2.24, 2.45) is 0 Å². The number of para-hydroxylation sites is 2. The highest BCUT2D eigenvalue weighted by Gasteiger charge is 2.26. The molecule has 6 heteroatoms. The molecule has 1 atom stereocenters. The highest BCUT2D eigenvalue weighted by atomic mass is 79.9. The Kier molecular flexibility index (Phi) is 3.36. The number of hydrogen-bond acceptors (Lipinski definition) is 4. The molecule has 4 heterocycles. The van der Waals surface area contributed by atoms with Crippen LogP contribution in [0.5, 0.6) is 0 Å². The van der Waals surface area contributed by atoms with Crippen LogP contribution in [-0.4, -0.2) is 9.55 Å². The van der Waals surface area contributed by atoms with Crippen molar-refractivity contribution in [3.63, 3.8) is 0 Å². The van der Waals surface area contributed by atoms with Gasteiger partial charge in [-0.1, -0.05) is 18.2 Å². The number of anilines is 1. The van der Waals surface area contributed by atoms with Crippen LogP contribution in [0.1, 0.15) is 15.8 Å². The van der Waals surface area contributed by atoms with Crippen LogP contribution in [0.4, 0.5) is 5.95 Å². The molecule has 3 nitrogen and oxygen atoms in total. The van der Waals surface area contributed by atoms with Crippen molar-refractivity contribution in [1.82, 2.24) is 9.55 Å². The second kappa shape index (κ2) is 5.58. The third-order valence-corrected chi connectivity index (χ3v) is 6.72. The fourth-order valence-corrected chi connectivity index (χ4v) is 5.23. The Morgan fingerprint density at radius 3 is 2.79 bits per heavy atom. The predicted octanol–water partition coefficient (Wildman–Crippen LogP) is 5.98. The quantitative estimate of drug-likeness (QED) is 0.438. The lowest BCUT2D eigenvalue weighted by atomic mass is 10.1. The van der Waals surface area contributed by atoms with Gasteiger partial charge in [-0.2, -0.15) is 0 Å². The molecule has 24 heavy (non-hydrogen) atoms. The maximum Gasteiger partial charge on any atom is 0.209 e. The second-order valence-electron chi connectivity index (χ2n) is 5.56. The standard InChI is InChI=1S/C18H12BrN3S2/c19-17-8-7-15(24-17)12-10-14(16-6-3-9-23-16)22-13-5-2-1-4-11(13)20-18(22)21-12/h1-10,14H,(H,20,21)/t14-/m0/s1. The first-order valence-corrected chi connectivity index (χ1v) is 10.0. The van der Waals surface area contributed by atoms with Crippen LogP contribution in [-0.2, 0) is 0 Å². The van der Waals surface area contributed by atoms with E-state index in [0.717, 1.165) is 26.5 Å². The summed E-state index contributed by atoms with van der Waals surface area (Å²) < 4.78 is 3.42. The van der Waals surface area contributed by atoms with Crippen molar-refractivity contribution in [2.45, 2.75) is 6.04 Å². The maximum atomic E-state index is 4.80. The third-order valence-electron chi connectivity index (χ3n) is 4.12. The Morgan fingerprint density at radius 2 is 2.00 bits per heavy atom. The SMILES string of the molecule is Brc1ccc(C2=C[C@@H](c3cccs3)n3c(nc4ccccc43)N2)s1. The molecule has 118 valence electrons. The second-order valence-corrected chi connectivity index (χ2v) is 9.01. The van der Waals surface area contributed by atoms with E-state index < -0.39 is 0 Å². The van der Waals surface area contributed by atoms with Gasteiger partial charge in [0.2, 0.25) is 5.95 Å². The van der Waals surface area contributed by atoms with Gasteiger partial charge in [-0.3, -0.25) is 4.57 Å². The summed E-state index contributed by atoms with van der Waals surface area (Å²) in [5.74, 6) is 0.900. The fraction of sp³-hybridized carbons (Fsp3) is 0.0556. The molecule has 0 radical (unpaired) electrons. The van der Waals surface area contributed by atoms with Crippen LogP contribution in [0.15, 0.2) is 63.8 Å². The first-order valence-electron chi connectivity index (χ1n) is 7.54. The van der Waals surface area contributed by atoms with Crippen LogP contribution in [0, 0.1) is 0 Å². The molecule has 0 fully saturated rings. The van der Waals surface area contributed by atoms with Gasteiger partial charge in [-0.25, -0.2) is 4.98 Å². The predicted molar refractivity (Wildman–Crippen MR) is 106 cm³/mol. The van der Waals surface area contributed by atoms with E-state index in [9.17, 15) is 0 Å². The molecule has 0 amide bonds. The molecule has 1 N–H and O–H groups in total. The molecule has 0 bridgehead atoms. The molecule has 3 aromatic heterocycles. The van der Waals surface area contributed by atoms with Crippen molar-refractivity contribution >= 4 is 61.3 Å². The van der Waals surface area contributed by atoms with E-state index in [0.29, 0.717) is 0 Å². The minimum Gasteiger partial charge on any atom is -0.324 e. The van der Waals surface area contributed by atoms with Gasteiger partial charge in [-0.15, -0.1) is 22.7 Å². The molecule has 0 saturated heterocycles. The number of imidazole rings is 1. The number of rotatable bonds is 2. The number of allylic oxidation sites excluding steroid dienone is 1. The number of aromatic nitrogens is 2. The van der Waals surface area contributed by atoms with Gasteiger partial charge in [0.1, 0.15) is 0 Å². The van der Waals surface area contributed by atoms with Gasteiger partial charge >= 0.3 is 0 Å². The number of nitrogens with one attached hydrogen (secondary N) is 1. The Labute approximate surface area is 155 Å². The van der Waals surface area contributed by atoms with Gasteiger partial charge in [-0.05, 0) is 57.7 Å². The van der Waals surface area contributed by atoms with E-state index in [1.54, 1.807) is 22.7 Å². The van der Waals surface area contributed by atoms with E-state index in [-0.39, 0.29) is 6.04 Å². The number of thiophene rings is 2. The summed E-state index contributed by atoms with van der Waals surface area (Å²) in [7, 11) is 0. The van der Waals surface area contributed by atoms with Gasteiger partial charge in [0.25, 0.3) is 0 Å². The molecule has 5 rings (SSSR count). The monoisotopic (exact) mass is 413 g/mol. The van der Waals surface area contributed by atoms with Crippen LogP contribution >= 0.6 is 38.6 Å². The molecule has 0 aliphatic carbocycles. The summed E-state index contributed by atoms with van der Waals surface area (Å²) in [6, 6.07) is 17.0. The normalized spacial score (nSPS) is 16.7. The molecular weight excluding hydrogens is 402 g/mol. The molecule has 1 aliphatic heterocycles. The van der Waals surface area contributed by atoms with E-state index in [1.807, 2.05) is 6.07 Å². The first-order chi connectivity index (χ1) is 11.8. The largest absolute Gasteiger partial charge is 0.324 e. The minimum atomic E-state index is 0.157. The number of hydrogen-bond donors (Lipinski definition) is 1. The zero-order chi connectivity index (χ0) is 16.1. The van der Waals surface area contributed by atoms with E-state index in [1.165, 1.54) is 9.75 Å². The van der Waals surface area contributed by atoms with Crippen molar-refractivity contribution in [1.29, 1.82) is 0 Å². The summed E-state index contributed by atoms with van der Waals surface area (Å²) in [6.45, 7) is 0. The number of nitrogens with zero attached hydrogens (tertiary/aromatic N) is 2. The average molecular weight is 414 g/mol. The van der Waals surface area contributed by atoms with Gasteiger partial charge in [0, 0.05) is 4.88 Å². The third kappa shape index (κ3) is 2.25. The zero-order valence-corrected chi connectivity index (χ0v) is 15.7. The molecule has 0 unspecified atom stereocenters. The van der Waals surface area contributed by atoms with E-state index in [4.69, 9.17) is 4.98 Å². The summed E-state index contributed by atoms with van der Waals surface area (Å²) in [5, 5.41) is 5.65. The number of halogens is 1. The van der Waals surface area contributed by atoms with Gasteiger partial charge in [0.05, 0.1) is 31.4 Å². The van der Waals surface area contributed by atoms with E-state index >= 15 is 0 Å². The van der Waals surface area contributed by atoms with Crippen LogP contribution in [0.3, 0.4) is 0 Å². The zero-order valence-electron chi connectivity index (χ0n) is 12.4. The lowest BCUT2D eigenvalue weighted by Gasteiger charge is -2.25. The summed E-state index contributed by atoms with van der Waals surface area (Å²) in [5.41, 5.74) is 3.29. The highest BCUT2D eigenvalue weighted by Crippen LogP contribution is 2.39. The molecule has 1 aliphatic rings. The molecule has 1 aromatic carbocycles. The molecule has 0 spiro atoms. The average Bonchev–Trinajstić information content (AvgIpc) is 3.33. The summed E-state index contributed by atoms with van der Waals surface area (Å²) in [4.78, 5) is 7.33. The topological polar surface area (TPSA) is 29.9 Å². The smallest absolute Gasteiger partial charge is 0.209 e. The summed E-state index contributed by atoms with van der Waals surface area (Å²) in [6.07, 6.45) is 2.30. The Morgan fingerprint density at radius 1 is 1.08 bits per heavy atom. The minimum absolute atomic E-state index is 0.157. The van der Waals surface area contributed by atoms with Gasteiger partial charge in [0.15, 0.2) is 0 Å². The Hall–Kier alpha value is -1.89. The van der Waals surface area contributed by atoms with E-state index in [2.05, 4.69) is 79.7 Å². The summed E-state index contributed by atoms with van der Waals surface area (Å²) >= 11 is 7.07. The first kappa shape index (κ1) is 14.5. The van der Waals surface area contributed by atoms with Crippen LogP contribution in [0.25, 0.3) is 16.7 Å².